The maximum absolute atomic E-state index is 8.73. The Kier molecular flexibility index (Phi) is 4.30. The summed E-state index contributed by atoms with van der Waals surface area (Å²) < 4.78 is 0. The highest BCUT2D eigenvalue weighted by atomic mass is 16.6. The largest absolute Gasteiger partial charge is 0.391 e. The van der Waals surface area contributed by atoms with Crippen molar-refractivity contribution in [2.45, 2.75) is 13.5 Å². The number of hydrogen-bond donors (Lipinski definition) is 0. The number of hydrogen-bond acceptors (Lipinski definition) is 3. The molecule has 0 N–H and O–H groups in total. The summed E-state index contributed by atoms with van der Waals surface area (Å²) in [7, 11) is 0. The summed E-state index contributed by atoms with van der Waals surface area (Å²) in [6.45, 7) is 2.33. The van der Waals surface area contributed by atoms with Crippen LogP contribution in [0.25, 0.3) is 0 Å². The molecule has 0 heterocycles. The van der Waals surface area contributed by atoms with E-state index in [1.54, 1.807) is 12.1 Å². The molecule has 0 unspecified atom stereocenters. The Labute approximate surface area is 112 Å². The van der Waals surface area contributed by atoms with Gasteiger partial charge >= 0.3 is 0 Å². The van der Waals surface area contributed by atoms with Crippen molar-refractivity contribution in [3.8, 4) is 6.07 Å². The average Bonchev–Trinajstić information content (AvgIpc) is 2.48. The van der Waals surface area contributed by atoms with Crippen LogP contribution in [0, 0.1) is 11.3 Å². The van der Waals surface area contributed by atoms with E-state index >= 15 is 0 Å². The van der Waals surface area contributed by atoms with E-state index in [-0.39, 0.29) is 0 Å². The monoisotopic (exact) mass is 250 g/mol. The lowest BCUT2D eigenvalue weighted by atomic mass is 10.1. The summed E-state index contributed by atoms with van der Waals surface area (Å²) in [5.74, 6) is 0. The molecule has 0 saturated heterocycles. The number of nitriles is 1. The van der Waals surface area contributed by atoms with Gasteiger partial charge in [-0.2, -0.15) is 5.26 Å². The number of oxime groups is 1. The highest BCUT2D eigenvalue weighted by molar-refractivity contribution is 5.98. The van der Waals surface area contributed by atoms with E-state index in [4.69, 9.17) is 10.1 Å². The minimum atomic E-state index is 0.453. The van der Waals surface area contributed by atoms with Crippen molar-refractivity contribution in [1.82, 2.24) is 0 Å². The Hall–Kier alpha value is -2.60. The van der Waals surface area contributed by atoms with Crippen LogP contribution in [0.2, 0.25) is 0 Å². The summed E-state index contributed by atoms with van der Waals surface area (Å²) in [5.41, 5.74) is 3.47. The zero-order valence-electron chi connectivity index (χ0n) is 10.7. The van der Waals surface area contributed by atoms with E-state index in [0.717, 1.165) is 16.8 Å². The van der Waals surface area contributed by atoms with Crippen LogP contribution in [-0.4, -0.2) is 5.71 Å². The van der Waals surface area contributed by atoms with Gasteiger partial charge in [0.1, 0.15) is 6.61 Å². The average molecular weight is 250 g/mol. The Morgan fingerprint density at radius 2 is 1.79 bits per heavy atom. The molecule has 19 heavy (non-hydrogen) atoms. The second kappa shape index (κ2) is 6.36. The molecule has 0 atom stereocenters. The van der Waals surface area contributed by atoms with Gasteiger partial charge in [0, 0.05) is 0 Å². The first-order chi connectivity index (χ1) is 9.29. The highest BCUT2D eigenvalue weighted by Gasteiger charge is 1.98. The molecular formula is C16H14N2O. The van der Waals surface area contributed by atoms with Gasteiger partial charge in [-0.05, 0) is 30.2 Å². The molecule has 0 saturated carbocycles. The molecule has 0 aliphatic rings. The molecular weight excluding hydrogens is 236 g/mol. The minimum Gasteiger partial charge on any atom is -0.391 e. The van der Waals surface area contributed by atoms with Crippen LogP contribution in [-0.2, 0) is 11.4 Å². The number of nitrogens with zero attached hydrogens (tertiary/aromatic N) is 2. The van der Waals surface area contributed by atoms with E-state index in [2.05, 4.69) is 11.2 Å². The summed E-state index contributed by atoms with van der Waals surface area (Å²) in [5, 5.41) is 12.8. The van der Waals surface area contributed by atoms with Gasteiger partial charge in [0.15, 0.2) is 0 Å². The zero-order chi connectivity index (χ0) is 13.5. The standard InChI is InChI=1S/C16H14N2O/c1-13(16-9-7-14(11-17)8-10-16)18-19-12-15-5-3-2-4-6-15/h2-10H,12H2,1H3. The molecule has 0 amide bonds. The molecule has 94 valence electrons. The maximum atomic E-state index is 8.73. The van der Waals surface area contributed by atoms with E-state index in [1.165, 1.54) is 0 Å². The molecule has 2 rings (SSSR count). The third-order valence-electron chi connectivity index (χ3n) is 2.71. The van der Waals surface area contributed by atoms with E-state index in [1.807, 2.05) is 49.4 Å². The topological polar surface area (TPSA) is 45.4 Å². The lowest BCUT2D eigenvalue weighted by Crippen LogP contribution is -1.97. The quantitative estimate of drug-likeness (QED) is 0.615. The van der Waals surface area contributed by atoms with E-state index in [9.17, 15) is 0 Å². The van der Waals surface area contributed by atoms with Gasteiger partial charge in [-0.1, -0.05) is 47.6 Å². The lowest BCUT2D eigenvalue weighted by Gasteiger charge is -2.02. The third kappa shape index (κ3) is 3.68. The summed E-state index contributed by atoms with van der Waals surface area (Å²) in [6.07, 6.45) is 0. The Bertz CT molecular complexity index is 595. The van der Waals surface area contributed by atoms with Crippen LogP contribution in [0.1, 0.15) is 23.6 Å². The van der Waals surface area contributed by atoms with Gasteiger partial charge in [-0.3, -0.25) is 0 Å². The SMILES string of the molecule is CC(=NOCc1ccccc1)c1ccc(C#N)cc1. The first-order valence-corrected chi connectivity index (χ1v) is 6.00. The molecule has 0 aliphatic carbocycles. The number of benzene rings is 2. The zero-order valence-corrected chi connectivity index (χ0v) is 10.7. The molecule has 0 aromatic heterocycles. The van der Waals surface area contributed by atoms with Crippen LogP contribution in [0.3, 0.4) is 0 Å². The fraction of sp³-hybridized carbons (Fsp3) is 0.125. The smallest absolute Gasteiger partial charge is 0.142 e. The Morgan fingerprint density at radius 3 is 2.42 bits per heavy atom. The predicted octanol–water partition coefficient (Wildman–Crippen LogP) is 3.50. The first kappa shape index (κ1) is 12.8. The molecule has 0 fully saturated rings. The third-order valence-corrected chi connectivity index (χ3v) is 2.71. The Morgan fingerprint density at radius 1 is 1.11 bits per heavy atom. The Balaban J connectivity index is 1.97. The second-order valence-electron chi connectivity index (χ2n) is 4.12. The van der Waals surface area contributed by atoms with Gasteiger partial charge < -0.3 is 4.84 Å². The fourth-order valence-corrected chi connectivity index (χ4v) is 1.62. The molecule has 0 aliphatic heterocycles. The van der Waals surface area contributed by atoms with Gasteiger partial charge in [0.05, 0.1) is 17.3 Å². The molecule has 0 radical (unpaired) electrons. The van der Waals surface area contributed by atoms with Crippen molar-refractivity contribution >= 4 is 5.71 Å². The highest BCUT2D eigenvalue weighted by Crippen LogP contribution is 2.06. The van der Waals surface area contributed by atoms with Crippen molar-refractivity contribution in [3.63, 3.8) is 0 Å². The summed E-state index contributed by atoms with van der Waals surface area (Å²) in [4.78, 5) is 5.32. The van der Waals surface area contributed by atoms with Crippen LogP contribution in [0.5, 0.6) is 0 Å². The molecule has 0 spiro atoms. The predicted molar refractivity (Wildman–Crippen MR) is 74.6 cm³/mol. The van der Waals surface area contributed by atoms with E-state index in [0.29, 0.717) is 12.2 Å². The van der Waals surface area contributed by atoms with Gasteiger partial charge in [-0.25, -0.2) is 0 Å². The van der Waals surface area contributed by atoms with Crippen molar-refractivity contribution in [3.05, 3.63) is 71.3 Å². The molecule has 2 aromatic carbocycles. The maximum Gasteiger partial charge on any atom is 0.142 e. The molecule has 3 nitrogen and oxygen atoms in total. The van der Waals surface area contributed by atoms with Gasteiger partial charge in [0.2, 0.25) is 0 Å². The summed E-state index contributed by atoms with van der Waals surface area (Å²) >= 11 is 0. The van der Waals surface area contributed by atoms with Crippen molar-refractivity contribution < 1.29 is 4.84 Å². The molecule has 0 bridgehead atoms. The van der Waals surface area contributed by atoms with Crippen LogP contribution >= 0.6 is 0 Å². The molecule has 2 aromatic rings. The normalized spacial score (nSPS) is 10.8. The number of rotatable bonds is 4. The van der Waals surface area contributed by atoms with Crippen LogP contribution < -0.4 is 0 Å². The first-order valence-electron chi connectivity index (χ1n) is 6.00. The van der Waals surface area contributed by atoms with Gasteiger partial charge in [-0.15, -0.1) is 0 Å². The minimum absolute atomic E-state index is 0.453. The lowest BCUT2D eigenvalue weighted by molar-refractivity contribution is 0.130. The second-order valence-corrected chi connectivity index (χ2v) is 4.12. The van der Waals surface area contributed by atoms with Crippen LogP contribution in [0.15, 0.2) is 59.8 Å². The van der Waals surface area contributed by atoms with Gasteiger partial charge in [0.25, 0.3) is 0 Å². The van der Waals surface area contributed by atoms with Crippen LogP contribution in [0.4, 0.5) is 0 Å². The van der Waals surface area contributed by atoms with Crippen molar-refractivity contribution in [1.29, 1.82) is 5.26 Å². The van der Waals surface area contributed by atoms with Crippen molar-refractivity contribution in [2.75, 3.05) is 0 Å². The fourth-order valence-electron chi connectivity index (χ4n) is 1.62. The van der Waals surface area contributed by atoms with Crippen molar-refractivity contribution in [2.24, 2.45) is 5.16 Å². The van der Waals surface area contributed by atoms with E-state index < -0.39 is 0 Å². The molecule has 3 heteroatoms. The summed E-state index contributed by atoms with van der Waals surface area (Å²) in [6, 6.07) is 19.2.